The second kappa shape index (κ2) is 5.27. The first-order chi connectivity index (χ1) is 11.6. The third-order valence-corrected chi connectivity index (χ3v) is 4.43. The minimum atomic E-state index is -0.369. The monoisotopic (exact) mass is 320 g/mol. The zero-order chi connectivity index (χ0) is 16.8. The first-order valence-corrected chi connectivity index (χ1v) is 7.69. The zero-order valence-electron chi connectivity index (χ0n) is 13.7. The fourth-order valence-corrected chi connectivity index (χ4v) is 2.93. The van der Waals surface area contributed by atoms with Gasteiger partial charge in [0.25, 0.3) is 0 Å². The maximum absolute atomic E-state index is 12.4. The lowest BCUT2D eigenvalue weighted by Gasteiger charge is -2.04. The van der Waals surface area contributed by atoms with Crippen LogP contribution in [-0.2, 0) is 0 Å². The SMILES string of the molecule is COc1ccc(-c2cc3cc4c(C)c(C)oc4cc3oc2=O)cc1. The summed E-state index contributed by atoms with van der Waals surface area (Å²) >= 11 is 0. The van der Waals surface area contributed by atoms with E-state index in [1.165, 1.54) is 0 Å². The van der Waals surface area contributed by atoms with Crippen molar-refractivity contribution in [3.05, 3.63) is 64.2 Å². The van der Waals surface area contributed by atoms with E-state index in [1.54, 1.807) is 13.2 Å². The number of fused-ring (bicyclic) bond motifs is 2. The molecule has 0 spiro atoms. The number of furan rings is 1. The Labute approximate surface area is 138 Å². The molecule has 0 saturated carbocycles. The molecule has 2 aromatic heterocycles. The smallest absolute Gasteiger partial charge is 0.344 e. The molecule has 0 saturated heterocycles. The quantitative estimate of drug-likeness (QED) is 0.496. The van der Waals surface area contributed by atoms with E-state index >= 15 is 0 Å². The molecule has 2 heterocycles. The van der Waals surface area contributed by atoms with Crippen LogP contribution in [0, 0.1) is 13.8 Å². The third-order valence-electron chi connectivity index (χ3n) is 4.43. The predicted octanol–water partition coefficient (Wildman–Crippen LogP) is 4.83. The standard InChI is InChI=1S/C20H16O4/c1-11-12(2)23-19-10-18-14(8-16(11)19)9-17(20(21)24-18)13-4-6-15(22-3)7-5-13/h4-10H,1-3H3. The van der Waals surface area contributed by atoms with Crippen molar-refractivity contribution in [1.29, 1.82) is 0 Å². The van der Waals surface area contributed by atoms with Crippen molar-refractivity contribution < 1.29 is 13.6 Å². The van der Waals surface area contributed by atoms with E-state index in [9.17, 15) is 4.79 Å². The molecule has 4 heteroatoms. The first-order valence-electron chi connectivity index (χ1n) is 7.69. The fraction of sp³-hybridized carbons (Fsp3) is 0.150. The van der Waals surface area contributed by atoms with Crippen LogP contribution in [-0.4, -0.2) is 7.11 Å². The van der Waals surface area contributed by atoms with Gasteiger partial charge in [-0.25, -0.2) is 4.79 Å². The summed E-state index contributed by atoms with van der Waals surface area (Å²) in [6.07, 6.45) is 0. The summed E-state index contributed by atoms with van der Waals surface area (Å²) in [5, 5.41) is 1.91. The molecule has 0 fully saturated rings. The van der Waals surface area contributed by atoms with Crippen LogP contribution in [0.2, 0.25) is 0 Å². The maximum atomic E-state index is 12.4. The average Bonchev–Trinajstić information content (AvgIpc) is 2.86. The molecule has 0 aliphatic heterocycles. The van der Waals surface area contributed by atoms with Crippen LogP contribution in [0.4, 0.5) is 0 Å². The summed E-state index contributed by atoms with van der Waals surface area (Å²) in [5.41, 5.74) is 3.32. The number of ether oxygens (including phenoxy) is 1. The van der Waals surface area contributed by atoms with Crippen LogP contribution in [0.15, 0.2) is 56.1 Å². The lowest BCUT2D eigenvalue weighted by Crippen LogP contribution is -2.02. The van der Waals surface area contributed by atoms with Crippen molar-refractivity contribution in [2.24, 2.45) is 0 Å². The van der Waals surface area contributed by atoms with Gasteiger partial charge in [0.2, 0.25) is 0 Å². The summed E-state index contributed by atoms with van der Waals surface area (Å²) in [7, 11) is 1.61. The molecule has 0 atom stereocenters. The Balaban J connectivity index is 1.96. The van der Waals surface area contributed by atoms with E-state index in [2.05, 4.69) is 0 Å². The van der Waals surface area contributed by atoms with Crippen LogP contribution in [0.25, 0.3) is 33.1 Å². The molecule has 4 nitrogen and oxygen atoms in total. The average molecular weight is 320 g/mol. The Morgan fingerprint density at radius 3 is 2.38 bits per heavy atom. The highest BCUT2D eigenvalue weighted by molar-refractivity contribution is 5.96. The lowest BCUT2D eigenvalue weighted by molar-refractivity contribution is 0.415. The van der Waals surface area contributed by atoms with Gasteiger partial charge in [-0.1, -0.05) is 12.1 Å². The maximum Gasteiger partial charge on any atom is 0.344 e. The molecular weight excluding hydrogens is 304 g/mol. The molecule has 0 aliphatic carbocycles. The molecule has 120 valence electrons. The molecule has 0 amide bonds. The van der Waals surface area contributed by atoms with Crippen LogP contribution >= 0.6 is 0 Å². The van der Waals surface area contributed by atoms with Gasteiger partial charge in [0.1, 0.15) is 22.7 Å². The number of methoxy groups -OCH3 is 1. The van der Waals surface area contributed by atoms with E-state index in [4.69, 9.17) is 13.6 Å². The Hall–Kier alpha value is -3.01. The minimum absolute atomic E-state index is 0.369. The van der Waals surface area contributed by atoms with Gasteiger partial charge in [0.15, 0.2) is 0 Å². The predicted molar refractivity (Wildman–Crippen MR) is 93.7 cm³/mol. The molecule has 2 aromatic carbocycles. The van der Waals surface area contributed by atoms with Crippen LogP contribution in [0.1, 0.15) is 11.3 Å². The zero-order valence-corrected chi connectivity index (χ0v) is 13.7. The van der Waals surface area contributed by atoms with Gasteiger partial charge in [0.05, 0.1) is 12.7 Å². The molecule has 4 aromatic rings. The molecule has 0 bridgehead atoms. The summed E-state index contributed by atoms with van der Waals surface area (Å²) in [4.78, 5) is 12.4. The van der Waals surface area contributed by atoms with Crippen LogP contribution < -0.4 is 10.4 Å². The highest BCUT2D eigenvalue weighted by Gasteiger charge is 2.12. The topological polar surface area (TPSA) is 52.6 Å². The summed E-state index contributed by atoms with van der Waals surface area (Å²) in [5.74, 6) is 1.62. The van der Waals surface area contributed by atoms with Crippen molar-refractivity contribution in [3.63, 3.8) is 0 Å². The molecule has 24 heavy (non-hydrogen) atoms. The number of rotatable bonds is 2. The minimum Gasteiger partial charge on any atom is -0.497 e. The third kappa shape index (κ3) is 2.19. The van der Waals surface area contributed by atoms with Crippen LogP contribution in [0.5, 0.6) is 5.75 Å². The fourth-order valence-electron chi connectivity index (χ4n) is 2.93. The number of benzene rings is 2. The van der Waals surface area contributed by atoms with E-state index in [1.807, 2.05) is 50.2 Å². The normalized spacial score (nSPS) is 11.3. The molecule has 0 aliphatic rings. The van der Waals surface area contributed by atoms with E-state index in [-0.39, 0.29) is 5.63 Å². The summed E-state index contributed by atoms with van der Waals surface area (Å²) in [6.45, 7) is 3.95. The molecule has 4 rings (SSSR count). The Morgan fingerprint density at radius 2 is 1.67 bits per heavy atom. The Bertz CT molecular complexity index is 1110. The van der Waals surface area contributed by atoms with Crippen molar-refractivity contribution in [2.75, 3.05) is 7.11 Å². The van der Waals surface area contributed by atoms with Gasteiger partial charge in [-0.15, -0.1) is 0 Å². The van der Waals surface area contributed by atoms with E-state index in [0.29, 0.717) is 11.1 Å². The van der Waals surface area contributed by atoms with Gasteiger partial charge in [0, 0.05) is 16.8 Å². The van der Waals surface area contributed by atoms with Crippen molar-refractivity contribution in [3.8, 4) is 16.9 Å². The van der Waals surface area contributed by atoms with E-state index < -0.39 is 0 Å². The molecule has 0 radical (unpaired) electrons. The summed E-state index contributed by atoms with van der Waals surface area (Å²) < 4.78 is 16.4. The van der Waals surface area contributed by atoms with Gasteiger partial charge in [-0.05, 0) is 49.2 Å². The lowest BCUT2D eigenvalue weighted by atomic mass is 10.0. The largest absolute Gasteiger partial charge is 0.497 e. The molecular formula is C20H16O4. The molecule has 0 unspecified atom stereocenters. The highest BCUT2D eigenvalue weighted by atomic mass is 16.5. The second-order valence-corrected chi connectivity index (χ2v) is 5.85. The Kier molecular flexibility index (Phi) is 3.20. The van der Waals surface area contributed by atoms with Gasteiger partial charge in [-0.3, -0.25) is 0 Å². The molecule has 0 N–H and O–H groups in total. The number of hydrogen-bond donors (Lipinski definition) is 0. The first kappa shape index (κ1) is 14.6. The van der Waals surface area contributed by atoms with Crippen LogP contribution in [0.3, 0.4) is 0 Å². The Morgan fingerprint density at radius 1 is 0.917 bits per heavy atom. The van der Waals surface area contributed by atoms with Gasteiger partial charge < -0.3 is 13.6 Å². The van der Waals surface area contributed by atoms with Gasteiger partial charge in [-0.2, -0.15) is 0 Å². The van der Waals surface area contributed by atoms with Crippen molar-refractivity contribution in [2.45, 2.75) is 13.8 Å². The van der Waals surface area contributed by atoms with Crippen molar-refractivity contribution in [1.82, 2.24) is 0 Å². The van der Waals surface area contributed by atoms with Crippen molar-refractivity contribution >= 4 is 21.9 Å². The second-order valence-electron chi connectivity index (χ2n) is 5.85. The van der Waals surface area contributed by atoms with E-state index in [0.717, 1.165) is 39.0 Å². The number of aryl methyl sites for hydroxylation is 2. The highest BCUT2D eigenvalue weighted by Crippen LogP contribution is 2.30. The summed E-state index contributed by atoms with van der Waals surface area (Å²) in [6, 6.07) is 13.0. The number of hydrogen-bond acceptors (Lipinski definition) is 4. The van der Waals surface area contributed by atoms with Gasteiger partial charge >= 0.3 is 5.63 Å².